The van der Waals surface area contributed by atoms with Gasteiger partial charge in [0.1, 0.15) is 5.75 Å². The maximum absolute atomic E-state index is 6.18. The Kier molecular flexibility index (Phi) is 5.97. The Morgan fingerprint density at radius 1 is 1.28 bits per heavy atom. The van der Waals surface area contributed by atoms with Gasteiger partial charge in [0.2, 0.25) is 0 Å². The summed E-state index contributed by atoms with van der Waals surface area (Å²) < 4.78 is 5.56. The van der Waals surface area contributed by atoms with Gasteiger partial charge in [-0.2, -0.15) is 0 Å². The number of halogens is 1. The Morgan fingerprint density at radius 3 is 2.44 bits per heavy atom. The van der Waals surface area contributed by atoms with Crippen molar-refractivity contribution in [2.45, 2.75) is 52.0 Å². The minimum Gasteiger partial charge on any atom is -0.496 e. The van der Waals surface area contributed by atoms with Gasteiger partial charge < -0.3 is 10.5 Å². The molecule has 3 heteroatoms. The first kappa shape index (κ1) is 15.3. The molecule has 0 saturated carbocycles. The van der Waals surface area contributed by atoms with E-state index in [2.05, 4.69) is 13.8 Å². The summed E-state index contributed by atoms with van der Waals surface area (Å²) in [4.78, 5) is 0. The molecule has 1 aromatic carbocycles. The minimum absolute atomic E-state index is 0.250. The average molecular weight is 270 g/mol. The van der Waals surface area contributed by atoms with E-state index in [1.54, 1.807) is 7.11 Å². The molecule has 2 N–H and O–H groups in total. The Balaban J connectivity index is 2.95. The van der Waals surface area contributed by atoms with Crippen molar-refractivity contribution >= 4 is 11.6 Å². The number of nitrogens with two attached hydrogens (primary N) is 1. The van der Waals surface area contributed by atoms with E-state index in [4.69, 9.17) is 22.1 Å². The van der Waals surface area contributed by atoms with E-state index < -0.39 is 0 Å². The second-order valence-electron chi connectivity index (χ2n) is 5.21. The third kappa shape index (κ3) is 4.18. The molecule has 0 fully saturated rings. The molecule has 0 aliphatic carbocycles. The lowest BCUT2D eigenvalue weighted by molar-refractivity contribution is 0.401. The molecule has 0 amide bonds. The molecule has 18 heavy (non-hydrogen) atoms. The molecule has 1 rings (SSSR count). The van der Waals surface area contributed by atoms with Crippen LogP contribution in [-0.2, 0) is 6.42 Å². The van der Waals surface area contributed by atoms with Crippen molar-refractivity contribution in [2.75, 3.05) is 7.11 Å². The average Bonchev–Trinajstić information content (AvgIpc) is 2.27. The lowest BCUT2D eigenvalue weighted by atomic mass is 9.96. The van der Waals surface area contributed by atoms with Gasteiger partial charge in [-0.05, 0) is 55.4 Å². The Bertz CT molecular complexity index is 388. The highest BCUT2D eigenvalue weighted by Gasteiger charge is 2.13. The molecule has 0 aliphatic heterocycles. The summed E-state index contributed by atoms with van der Waals surface area (Å²) in [5.74, 6) is 1.39. The van der Waals surface area contributed by atoms with Crippen LogP contribution in [0.4, 0.5) is 0 Å². The van der Waals surface area contributed by atoms with Crippen molar-refractivity contribution in [2.24, 2.45) is 5.73 Å². The molecule has 0 aromatic heterocycles. The van der Waals surface area contributed by atoms with E-state index in [-0.39, 0.29) is 6.04 Å². The molecule has 1 atom stereocenters. The summed E-state index contributed by atoms with van der Waals surface area (Å²) in [6.07, 6.45) is 3.05. The number of benzene rings is 1. The monoisotopic (exact) mass is 269 g/mol. The van der Waals surface area contributed by atoms with Gasteiger partial charge in [-0.1, -0.05) is 25.4 Å². The molecular weight excluding hydrogens is 246 g/mol. The van der Waals surface area contributed by atoms with Crippen LogP contribution in [0.1, 0.15) is 50.7 Å². The molecule has 0 bridgehead atoms. The third-order valence-corrected chi connectivity index (χ3v) is 3.31. The fourth-order valence-corrected chi connectivity index (χ4v) is 2.40. The first-order chi connectivity index (χ1) is 8.45. The molecule has 0 radical (unpaired) electrons. The first-order valence-corrected chi connectivity index (χ1v) is 6.95. The Hall–Kier alpha value is -0.730. The van der Waals surface area contributed by atoms with Gasteiger partial charge in [-0.25, -0.2) is 0 Å². The van der Waals surface area contributed by atoms with Gasteiger partial charge in [0, 0.05) is 11.1 Å². The minimum atomic E-state index is 0.250. The zero-order valence-corrected chi connectivity index (χ0v) is 12.6. The number of rotatable bonds is 6. The molecule has 0 aliphatic rings. The third-order valence-electron chi connectivity index (χ3n) is 3.09. The fraction of sp³-hybridized carbons (Fsp3) is 0.600. The van der Waals surface area contributed by atoms with Gasteiger partial charge in [0.25, 0.3) is 0 Å². The highest BCUT2D eigenvalue weighted by molar-refractivity contribution is 6.30. The summed E-state index contributed by atoms with van der Waals surface area (Å²) in [7, 11) is 1.73. The lowest BCUT2D eigenvalue weighted by Crippen LogP contribution is -2.14. The number of aryl methyl sites for hydroxylation is 1. The molecule has 1 unspecified atom stereocenters. The molecule has 2 nitrogen and oxygen atoms in total. The summed E-state index contributed by atoms with van der Waals surface area (Å²) >= 11 is 6.18. The van der Waals surface area contributed by atoms with Crippen molar-refractivity contribution in [3.05, 3.63) is 28.3 Å². The molecule has 1 aromatic rings. The van der Waals surface area contributed by atoms with Crippen molar-refractivity contribution in [1.82, 2.24) is 0 Å². The van der Waals surface area contributed by atoms with Crippen LogP contribution >= 0.6 is 11.6 Å². The van der Waals surface area contributed by atoms with Crippen LogP contribution in [0.15, 0.2) is 12.1 Å². The smallest absolute Gasteiger partial charge is 0.125 e. The van der Waals surface area contributed by atoms with Crippen LogP contribution in [0.5, 0.6) is 5.75 Å². The predicted molar refractivity (Wildman–Crippen MR) is 78.7 cm³/mol. The summed E-state index contributed by atoms with van der Waals surface area (Å²) in [5, 5.41) is 0.787. The SMILES string of the molecule is COc1c(CCCC(C)N)cc(Cl)cc1C(C)C. The van der Waals surface area contributed by atoms with Crippen LogP contribution < -0.4 is 10.5 Å². The standard InChI is InChI=1S/C15H24ClNO/c1-10(2)14-9-13(16)8-12(15(14)18-4)7-5-6-11(3)17/h8-11H,5-7,17H2,1-4H3. The highest BCUT2D eigenvalue weighted by atomic mass is 35.5. The molecule has 0 saturated heterocycles. The number of hydrogen-bond acceptors (Lipinski definition) is 2. The van der Waals surface area contributed by atoms with Crippen LogP contribution in [0.2, 0.25) is 5.02 Å². The van der Waals surface area contributed by atoms with Crippen LogP contribution in [0, 0.1) is 0 Å². The van der Waals surface area contributed by atoms with Gasteiger partial charge >= 0.3 is 0 Å². The summed E-state index contributed by atoms with van der Waals surface area (Å²) in [6, 6.07) is 4.26. The molecule has 0 spiro atoms. The van der Waals surface area contributed by atoms with Gasteiger partial charge in [0.15, 0.2) is 0 Å². The second-order valence-corrected chi connectivity index (χ2v) is 5.65. The molecular formula is C15H24ClNO. The number of ether oxygens (including phenoxy) is 1. The molecule has 0 heterocycles. The van der Waals surface area contributed by atoms with Gasteiger partial charge in [0.05, 0.1) is 7.11 Å². The normalized spacial score (nSPS) is 12.8. The first-order valence-electron chi connectivity index (χ1n) is 6.57. The van der Waals surface area contributed by atoms with E-state index >= 15 is 0 Å². The van der Waals surface area contributed by atoms with Crippen molar-refractivity contribution < 1.29 is 4.74 Å². The maximum Gasteiger partial charge on any atom is 0.125 e. The largest absolute Gasteiger partial charge is 0.496 e. The quantitative estimate of drug-likeness (QED) is 0.842. The van der Waals surface area contributed by atoms with E-state index in [9.17, 15) is 0 Å². The highest BCUT2D eigenvalue weighted by Crippen LogP contribution is 2.34. The van der Waals surface area contributed by atoms with E-state index in [1.165, 1.54) is 11.1 Å². The van der Waals surface area contributed by atoms with Crippen LogP contribution in [-0.4, -0.2) is 13.2 Å². The van der Waals surface area contributed by atoms with Crippen LogP contribution in [0.25, 0.3) is 0 Å². The molecule has 102 valence electrons. The zero-order valence-electron chi connectivity index (χ0n) is 11.8. The number of methoxy groups -OCH3 is 1. The van der Waals surface area contributed by atoms with E-state index in [1.807, 2.05) is 19.1 Å². The van der Waals surface area contributed by atoms with Crippen molar-refractivity contribution in [3.63, 3.8) is 0 Å². The van der Waals surface area contributed by atoms with Gasteiger partial charge in [-0.3, -0.25) is 0 Å². The zero-order chi connectivity index (χ0) is 13.7. The number of hydrogen-bond donors (Lipinski definition) is 1. The van der Waals surface area contributed by atoms with E-state index in [0.717, 1.165) is 30.0 Å². The lowest BCUT2D eigenvalue weighted by Gasteiger charge is -2.17. The van der Waals surface area contributed by atoms with Crippen molar-refractivity contribution in [3.8, 4) is 5.75 Å². The van der Waals surface area contributed by atoms with Gasteiger partial charge in [-0.15, -0.1) is 0 Å². The topological polar surface area (TPSA) is 35.2 Å². The maximum atomic E-state index is 6.18. The summed E-state index contributed by atoms with van der Waals surface area (Å²) in [5.41, 5.74) is 8.15. The second kappa shape index (κ2) is 7.01. The van der Waals surface area contributed by atoms with E-state index in [0.29, 0.717) is 5.92 Å². The van der Waals surface area contributed by atoms with Crippen molar-refractivity contribution in [1.29, 1.82) is 0 Å². The summed E-state index contributed by atoms with van der Waals surface area (Å²) in [6.45, 7) is 6.34. The Labute approximate surface area is 115 Å². The Morgan fingerprint density at radius 2 is 1.94 bits per heavy atom. The van der Waals surface area contributed by atoms with Crippen LogP contribution in [0.3, 0.4) is 0 Å². The predicted octanol–water partition coefficient (Wildman–Crippen LogP) is 4.14. The fourth-order valence-electron chi connectivity index (χ4n) is 2.15.